The lowest BCUT2D eigenvalue weighted by atomic mass is 10.2. The van der Waals surface area contributed by atoms with Crippen LogP contribution in [-0.2, 0) is 20.9 Å². The maximum Gasteiger partial charge on any atom is 0.223 e. The first kappa shape index (κ1) is 13.4. The van der Waals surface area contributed by atoms with Gasteiger partial charge in [-0.3, -0.25) is 4.79 Å². The summed E-state index contributed by atoms with van der Waals surface area (Å²) in [5.74, 6) is 0.433. The number of hydrogen-bond donors (Lipinski definition) is 1. The Morgan fingerprint density at radius 1 is 1.32 bits per heavy atom. The first-order valence-electron chi connectivity index (χ1n) is 6.07. The molecular weight excluding hydrogens is 244 g/mol. The summed E-state index contributed by atoms with van der Waals surface area (Å²) in [5.41, 5.74) is 0.975. The van der Waals surface area contributed by atoms with Gasteiger partial charge in [-0.05, 0) is 12.5 Å². The second-order valence-electron chi connectivity index (χ2n) is 4.26. The smallest absolute Gasteiger partial charge is 0.223 e. The van der Waals surface area contributed by atoms with E-state index in [1.807, 2.05) is 30.3 Å². The minimum atomic E-state index is -0.548. The Kier molecular flexibility index (Phi) is 4.36. The van der Waals surface area contributed by atoms with Crippen LogP contribution in [0.2, 0.25) is 0 Å². The lowest BCUT2D eigenvalue weighted by Crippen LogP contribution is -2.14. The van der Waals surface area contributed by atoms with Gasteiger partial charge in [0.05, 0.1) is 12.4 Å². The zero-order valence-corrected chi connectivity index (χ0v) is 10.7. The average molecular weight is 260 g/mol. The zero-order chi connectivity index (χ0) is 13.7. The van der Waals surface area contributed by atoms with Crippen LogP contribution in [0.4, 0.5) is 0 Å². The van der Waals surface area contributed by atoms with Crippen molar-refractivity contribution in [3.63, 3.8) is 0 Å². The van der Waals surface area contributed by atoms with Gasteiger partial charge in [-0.2, -0.15) is 0 Å². The van der Waals surface area contributed by atoms with Crippen molar-refractivity contribution < 1.29 is 19.4 Å². The Morgan fingerprint density at radius 3 is 2.74 bits per heavy atom. The summed E-state index contributed by atoms with van der Waals surface area (Å²) in [4.78, 5) is 11.9. The highest BCUT2D eigenvalue weighted by atomic mass is 16.5. The van der Waals surface area contributed by atoms with E-state index < -0.39 is 6.10 Å². The number of rotatable bonds is 4. The minimum absolute atomic E-state index is 0.198. The molecule has 0 radical (unpaired) electrons. The fraction of sp³-hybridized carbons (Fsp3) is 0.267. The largest absolute Gasteiger partial charge is 0.488 e. The Hall–Kier alpha value is -2.07. The molecule has 0 fully saturated rings. The van der Waals surface area contributed by atoms with Crippen LogP contribution in [0.1, 0.15) is 12.5 Å². The van der Waals surface area contributed by atoms with E-state index in [0.717, 1.165) is 5.56 Å². The molecule has 1 aliphatic heterocycles. The lowest BCUT2D eigenvalue weighted by molar-refractivity contribution is -0.114. The number of hydrogen-bond acceptors (Lipinski definition) is 4. The van der Waals surface area contributed by atoms with Crippen LogP contribution in [0.3, 0.4) is 0 Å². The number of ketones is 1. The van der Waals surface area contributed by atoms with E-state index in [1.54, 1.807) is 6.92 Å². The molecule has 0 aromatic heterocycles. The lowest BCUT2D eigenvalue weighted by Gasteiger charge is -2.12. The number of allylic oxidation sites excluding steroid dienone is 2. The molecule has 0 bridgehead atoms. The van der Waals surface area contributed by atoms with Gasteiger partial charge in [0.1, 0.15) is 12.7 Å². The number of aliphatic hydroxyl groups excluding tert-OH is 1. The van der Waals surface area contributed by atoms with E-state index in [0.29, 0.717) is 12.4 Å². The SMILES string of the molecule is CC1=CC(=O)C(OCc2ccccc2)=CC(CO)O1. The highest BCUT2D eigenvalue weighted by Crippen LogP contribution is 2.16. The van der Waals surface area contributed by atoms with Gasteiger partial charge in [-0.25, -0.2) is 0 Å². The molecule has 1 unspecified atom stereocenters. The van der Waals surface area contributed by atoms with Crippen LogP contribution >= 0.6 is 0 Å². The van der Waals surface area contributed by atoms with E-state index in [9.17, 15) is 4.79 Å². The summed E-state index contributed by atoms with van der Waals surface area (Å²) >= 11 is 0. The van der Waals surface area contributed by atoms with Gasteiger partial charge < -0.3 is 14.6 Å². The molecule has 0 saturated carbocycles. The predicted octanol–water partition coefficient (Wildman–Crippen LogP) is 1.95. The molecule has 1 aliphatic rings. The van der Waals surface area contributed by atoms with Crippen molar-refractivity contribution in [2.24, 2.45) is 0 Å². The van der Waals surface area contributed by atoms with Gasteiger partial charge in [0, 0.05) is 12.2 Å². The topological polar surface area (TPSA) is 55.8 Å². The van der Waals surface area contributed by atoms with Crippen molar-refractivity contribution >= 4 is 5.78 Å². The summed E-state index contributed by atoms with van der Waals surface area (Å²) in [6.45, 7) is 1.79. The molecule has 0 spiro atoms. The van der Waals surface area contributed by atoms with Crippen LogP contribution < -0.4 is 0 Å². The molecular formula is C15H16O4. The molecule has 19 heavy (non-hydrogen) atoms. The predicted molar refractivity (Wildman–Crippen MR) is 70.0 cm³/mol. The van der Waals surface area contributed by atoms with E-state index in [4.69, 9.17) is 14.6 Å². The molecule has 2 rings (SSSR count). The standard InChI is InChI=1S/C15H16O4/c1-11-7-14(17)15(8-13(9-16)19-11)18-10-12-5-3-2-4-6-12/h2-8,13,16H,9-10H2,1H3. The van der Waals surface area contributed by atoms with Gasteiger partial charge in [0.25, 0.3) is 0 Å². The molecule has 1 N–H and O–H groups in total. The third kappa shape index (κ3) is 3.69. The van der Waals surface area contributed by atoms with Crippen molar-refractivity contribution in [3.8, 4) is 0 Å². The summed E-state index contributed by atoms with van der Waals surface area (Å²) in [5, 5.41) is 9.16. The third-order valence-electron chi connectivity index (χ3n) is 2.67. The Morgan fingerprint density at radius 2 is 2.05 bits per heavy atom. The second-order valence-corrected chi connectivity index (χ2v) is 4.26. The van der Waals surface area contributed by atoms with Gasteiger partial charge in [-0.1, -0.05) is 30.3 Å². The van der Waals surface area contributed by atoms with E-state index in [2.05, 4.69) is 0 Å². The van der Waals surface area contributed by atoms with Crippen LogP contribution in [0, 0.1) is 0 Å². The number of carbonyl (C=O) groups excluding carboxylic acids is 1. The summed E-state index contributed by atoms with van der Waals surface area (Å²) in [6, 6.07) is 9.57. The maximum absolute atomic E-state index is 11.9. The third-order valence-corrected chi connectivity index (χ3v) is 2.67. The van der Waals surface area contributed by atoms with E-state index in [1.165, 1.54) is 12.2 Å². The molecule has 1 heterocycles. The second kappa shape index (κ2) is 6.20. The first-order valence-corrected chi connectivity index (χ1v) is 6.07. The number of aliphatic hydroxyl groups is 1. The fourth-order valence-electron chi connectivity index (χ4n) is 1.76. The van der Waals surface area contributed by atoms with E-state index >= 15 is 0 Å². The number of benzene rings is 1. The van der Waals surface area contributed by atoms with Crippen molar-refractivity contribution in [1.82, 2.24) is 0 Å². The van der Waals surface area contributed by atoms with Crippen LogP contribution in [0.5, 0.6) is 0 Å². The quantitative estimate of drug-likeness (QED) is 0.899. The molecule has 100 valence electrons. The average Bonchev–Trinajstić information content (AvgIpc) is 2.56. The summed E-state index contributed by atoms with van der Waals surface area (Å²) < 4.78 is 10.9. The molecule has 0 aliphatic carbocycles. The van der Waals surface area contributed by atoms with Crippen molar-refractivity contribution in [2.45, 2.75) is 19.6 Å². The molecule has 1 atom stereocenters. The van der Waals surface area contributed by atoms with Crippen LogP contribution in [0.15, 0.2) is 54.0 Å². The molecule has 0 saturated heterocycles. The highest BCUT2D eigenvalue weighted by molar-refractivity contribution is 6.02. The van der Waals surface area contributed by atoms with Crippen molar-refractivity contribution in [2.75, 3.05) is 6.61 Å². The van der Waals surface area contributed by atoms with Crippen molar-refractivity contribution in [3.05, 3.63) is 59.6 Å². The first-order chi connectivity index (χ1) is 9.19. The van der Waals surface area contributed by atoms with Gasteiger partial charge in [0.15, 0.2) is 5.76 Å². The molecule has 0 amide bonds. The monoisotopic (exact) mass is 260 g/mol. The highest BCUT2D eigenvalue weighted by Gasteiger charge is 2.18. The Bertz CT molecular complexity index is 502. The minimum Gasteiger partial charge on any atom is -0.488 e. The Labute approximate surface area is 112 Å². The number of carbonyl (C=O) groups is 1. The van der Waals surface area contributed by atoms with Crippen LogP contribution in [0.25, 0.3) is 0 Å². The van der Waals surface area contributed by atoms with Gasteiger partial charge in [0.2, 0.25) is 5.78 Å². The van der Waals surface area contributed by atoms with Gasteiger partial charge in [-0.15, -0.1) is 0 Å². The van der Waals surface area contributed by atoms with Gasteiger partial charge >= 0.3 is 0 Å². The zero-order valence-electron chi connectivity index (χ0n) is 10.7. The fourth-order valence-corrected chi connectivity index (χ4v) is 1.76. The summed E-state index contributed by atoms with van der Waals surface area (Å²) in [6.07, 6.45) is 2.33. The normalized spacial score (nSPS) is 19.1. The molecule has 4 nitrogen and oxygen atoms in total. The van der Waals surface area contributed by atoms with Crippen molar-refractivity contribution in [1.29, 1.82) is 0 Å². The molecule has 1 aromatic carbocycles. The maximum atomic E-state index is 11.9. The summed E-state index contributed by atoms with van der Waals surface area (Å²) in [7, 11) is 0. The molecule has 1 aromatic rings. The van der Waals surface area contributed by atoms with Crippen LogP contribution in [-0.4, -0.2) is 23.6 Å². The van der Waals surface area contributed by atoms with E-state index in [-0.39, 0.29) is 18.1 Å². The number of ether oxygens (including phenoxy) is 2. The Balaban J connectivity index is 2.09. The molecule has 4 heteroatoms.